The van der Waals surface area contributed by atoms with Gasteiger partial charge in [-0.2, -0.15) is 11.8 Å². The zero-order chi connectivity index (χ0) is 14.2. The molecular weight excluding hydrogens is 252 g/mol. The Balaban J connectivity index is 4.29. The molecule has 0 bridgehead atoms. The van der Waals surface area contributed by atoms with Crippen LogP contribution in [0.5, 0.6) is 0 Å². The van der Waals surface area contributed by atoms with E-state index in [0.29, 0.717) is 12.2 Å². The summed E-state index contributed by atoms with van der Waals surface area (Å²) in [6, 6.07) is -1.24. The van der Waals surface area contributed by atoms with Gasteiger partial charge in [0.25, 0.3) is 0 Å². The van der Waals surface area contributed by atoms with Crippen LogP contribution in [0.1, 0.15) is 40.0 Å². The van der Waals surface area contributed by atoms with Crippen LogP contribution in [-0.2, 0) is 4.79 Å². The summed E-state index contributed by atoms with van der Waals surface area (Å²) in [5.74, 6) is -0.289. The summed E-state index contributed by atoms with van der Waals surface area (Å²) < 4.78 is 0. The Labute approximate surface area is 113 Å². The molecule has 0 rings (SSSR count). The Morgan fingerprint density at radius 2 is 2.00 bits per heavy atom. The van der Waals surface area contributed by atoms with Crippen LogP contribution in [-0.4, -0.2) is 40.7 Å². The Kier molecular flexibility index (Phi) is 7.82. The van der Waals surface area contributed by atoms with Crippen molar-refractivity contribution in [1.29, 1.82) is 0 Å². The van der Waals surface area contributed by atoms with Gasteiger partial charge in [0.05, 0.1) is 0 Å². The van der Waals surface area contributed by atoms with Crippen LogP contribution in [0.25, 0.3) is 0 Å². The molecular formula is C12H24N2O3S. The van der Waals surface area contributed by atoms with E-state index in [1.165, 1.54) is 0 Å². The molecule has 0 heterocycles. The Bertz CT molecular complexity index is 282. The fraction of sp³-hybridized carbons (Fsp3) is 0.833. The molecule has 0 saturated heterocycles. The molecule has 18 heavy (non-hydrogen) atoms. The molecule has 0 aliphatic rings. The predicted octanol–water partition coefficient (Wildman–Crippen LogP) is 2.07. The standard InChI is InChI=1S/C12H24N2O3S/c1-5-7-12(2,3)14-11(17)13-9(10(15)16)6-8-18-4/h9H,5-8H2,1-4H3,(H,15,16)(H2,13,14,17)/t9-/m0/s1. The van der Waals surface area contributed by atoms with E-state index in [1.807, 2.05) is 27.0 Å². The average molecular weight is 276 g/mol. The average Bonchev–Trinajstić information content (AvgIpc) is 2.22. The van der Waals surface area contributed by atoms with Crippen LogP contribution >= 0.6 is 11.8 Å². The smallest absolute Gasteiger partial charge is 0.326 e. The van der Waals surface area contributed by atoms with E-state index in [1.54, 1.807) is 11.8 Å². The van der Waals surface area contributed by atoms with Gasteiger partial charge in [-0.05, 0) is 38.7 Å². The summed E-state index contributed by atoms with van der Waals surface area (Å²) in [4.78, 5) is 22.7. The summed E-state index contributed by atoms with van der Waals surface area (Å²) in [6.07, 6.45) is 4.15. The lowest BCUT2D eigenvalue weighted by Gasteiger charge is -2.27. The summed E-state index contributed by atoms with van der Waals surface area (Å²) in [5.41, 5.74) is -0.318. The number of carboxylic acid groups (broad SMARTS) is 1. The first-order valence-corrected chi connectivity index (χ1v) is 7.52. The topological polar surface area (TPSA) is 78.4 Å². The molecule has 1 atom stereocenters. The monoisotopic (exact) mass is 276 g/mol. The second kappa shape index (κ2) is 8.24. The van der Waals surface area contributed by atoms with Crippen LogP contribution < -0.4 is 10.6 Å². The molecule has 0 saturated carbocycles. The van der Waals surface area contributed by atoms with Crippen LogP contribution in [0.15, 0.2) is 0 Å². The number of carboxylic acids is 1. The first-order valence-electron chi connectivity index (χ1n) is 6.13. The first-order chi connectivity index (χ1) is 8.32. The lowest BCUT2D eigenvalue weighted by molar-refractivity contribution is -0.139. The molecule has 0 fully saturated rings. The number of urea groups is 1. The fourth-order valence-corrected chi connectivity index (χ4v) is 2.15. The van der Waals surface area contributed by atoms with Gasteiger partial charge in [-0.1, -0.05) is 13.3 Å². The van der Waals surface area contributed by atoms with Crippen LogP contribution in [0, 0.1) is 0 Å². The zero-order valence-corrected chi connectivity index (χ0v) is 12.4. The molecule has 0 spiro atoms. The number of nitrogens with one attached hydrogen (secondary N) is 2. The van der Waals surface area contributed by atoms with Gasteiger partial charge in [-0.15, -0.1) is 0 Å². The summed E-state index contributed by atoms with van der Waals surface area (Å²) in [5, 5.41) is 14.3. The zero-order valence-electron chi connectivity index (χ0n) is 11.6. The highest BCUT2D eigenvalue weighted by molar-refractivity contribution is 7.98. The minimum absolute atomic E-state index is 0.318. The maximum Gasteiger partial charge on any atom is 0.326 e. The molecule has 5 nitrogen and oxygen atoms in total. The largest absolute Gasteiger partial charge is 0.480 e. The Morgan fingerprint density at radius 3 is 2.44 bits per heavy atom. The molecule has 2 amide bonds. The van der Waals surface area contributed by atoms with Gasteiger partial charge >= 0.3 is 12.0 Å². The lowest BCUT2D eigenvalue weighted by Crippen LogP contribution is -2.52. The highest BCUT2D eigenvalue weighted by Crippen LogP contribution is 2.10. The van der Waals surface area contributed by atoms with Crippen molar-refractivity contribution in [1.82, 2.24) is 10.6 Å². The van der Waals surface area contributed by atoms with E-state index in [2.05, 4.69) is 10.6 Å². The molecule has 106 valence electrons. The van der Waals surface area contributed by atoms with Gasteiger partial charge in [0, 0.05) is 5.54 Å². The van der Waals surface area contributed by atoms with Crippen molar-refractivity contribution in [2.75, 3.05) is 12.0 Å². The highest BCUT2D eigenvalue weighted by atomic mass is 32.2. The number of carbonyl (C=O) groups excluding carboxylic acids is 1. The second-order valence-electron chi connectivity index (χ2n) is 4.90. The van der Waals surface area contributed by atoms with Crippen molar-refractivity contribution in [3.63, 3.8) is 0 Å². The van der Waals surface area contributed by atoms with Crippen molar-refractivity contribution < 1.29 is 14.7 Å². The maximum absolute atomic E-state index is 11.7. The molecule has 0 radical (unpaired) electrons. The number of hydrogen-bond acceptors (Lipinski definition) is 3. The molecule has 6 heteroatoms. The number of rotatable bonds is 8. The minimum Gasteiger partial charge on any atom is -0.480 e. The van der Waals surface area contributed by atoms with Gasteiger partial charge in [-0.25, -0.2) is 9.59 Å². The maximum atomic E-state index is 11.7. The van der Waals surface area contributed by atoms with Crippen molar-refractivity contribution in [2.24, 2.45) is 0 Å². The molecule has 0 aromatic carbocycles. The summed E-state index contributed by atoms with van der Waals surface area (Å²) in [7, 11) is 0. The van der Waals surface area contributed by atoms with E-state index in [9.17, 15) is 9.59 Å². The number of amides is 2. The van der Waals surface area contributed by atoms with E-state index in [4.69, 9.17) is 5.11 Å². The van der Waals surface area contributed by atoms with Crippen LogP contribution in [0.2, 0.25) is 0 Å². The second-order valence-corrected chi connectivity index (χ2v) is 5.89. The van der Waals surface area contributed by atoms with Crippen molar-refractivity contribution in [3.8, 4) is 0 Å². The molecule has 0 unspecified atom stereocenters. The van der Waals surface area contributed by atoms with Gasteiger partial charge in [0.1, 0.15) is 6.04 Å². The minimum atomic E-state index is -0.993. The third kappa shape index (κ3) is 7.42. The Hall–Kier alpha value is -0.910. The molecule has 0 aromatic heterocycles. The van der Waals surface area contributed by atoms with Gasteiger partial charge in [0.15, 0.2) is 0 Å². The van der Waals surface area contributed by atoms with E-state index in [0.717, 1.165) is 12.8 Å². The first kappa shape index (κ1) is 17.1. The van der Waals surface area contributed by atoms with Crippen LogP contribution in [0.3, 0.4) is 0 Å². The van der Waals surface area contributed by atoms with Crippen LogP contribution in [0.4, 0.5) is 4.79 Å². The molecule has 3 N–H and O–H groups in total. The SMILES string of the molecule is CCCC(C)(C)NC(=O)N[C@@H](CCSC)C(=O)O. The normalized spacial score (nSPS) is 12.9. The number of thioether (sulfide) groups is 1. The molecule has 0 aromatic rings. The third-order valence-corrected chi connectivity index (χ3v) is 3.18. The van der Waals surface area contributed by atoms with E-state index in [-0.39, 0.29) is 5.54 Å². The lowest BCUT2D eigenvalue weighted by atomic mass is 9.99. The number of aliphatic carboxylic acids is 1. The Morgan fingerprint density at radius 1 is 1.39 bits per heavy atom. The van der Waals surface area contributed by atoms with Crippen molar-refractivity contribution in [3.05, 3.63) is 0 Å². The van der Waals surface area contributed by atoms with Crippen molar-refractivity contribution in [2.45, 2.75) is 51.6 Å². The fourth-order valence-electron chi connectivity index (χ4n) is 1.68. The highest BCUT2D eigenvalue weighted by Gasteiger charge is 2.23. The van der Waals surface area contributed by atoms with E-state index >= 15 is 0 Å². The quantitative estimate of drug-likeness (QED) is 0.634. The summed E-state index contributed by atoms with van der Waals surface area (Å²) in [6.45, 7) is 5.89. The molecule has 0 aliphatic carbocycles. The van der Waals surface area contributed by atoms with Crippen molar-refractivity contribution >= 4 is 23.8 Å². The number of hydrogen-bond donors (Lipinski definition) is 3. The third-order valence-electron chi connectivity index (χ3n) is 2.54. The van der Waals surface area contributed by atoms with Gasteiger partial charge in [-0.3, -0.25) is 0 Å². The summed E-state index contributed by atoms with van der Waals surface area (Å²) >= 11 is 1.56. The van der Waals surface area contributed by atoms with E-state index < -0.39 is 18.0 Å². The van der Waals surface area contributed by atoms with Gasteiger partial charge < -0.3 is 15.7 Å². The van der Waals surface area contributed by atoms with Gasteiger partial charge in [0.2, 0.25) is 0 Å². The molecule has 0 aliphatic heterocycles. The predicted molar refractivity (Wildman–Crippen MR) is 75.1 cm³/mol. The number of carbonyl (C=O) groups is 2.